The molecule has 0 bridgehead atoms. The second-order valence-electron chi connectivity index (χ2n) is 7.03. The molecule has 2 heterocycles. The van der Waals surface area contributed by atoms with Gasteiger partial charge in [0.25, 0.3) is 5.91 Å². The first-order valence-electron chi connectivity index (χ1n) is 9.41. The third-order valence-electron chi connectivity index (χ3n) is 4.81. The molecule has 0 spiro atoms. The molecule has 1 aliphatic rings. The zero-order chi connectivity index (χ0) is 20.1. The minimum absolute atomic E-state index is 0.0534. The highest BCUT2D eigenvalue weighted by Crippen LogP contribution is 2.19. The molecular weight excluding hydrogens is 380 g/mol. The van der Waals surface area contributed by atoms with Gasteiger partial charge in [-0.3, -0.25) is 14.5 Å². The van der Waals surface area contributed by atoms with Crippen LogP contribution in [0.5, 0.6) is 0 Å². The number of nitrogens with zero attached hydrogens (tertiary/aromatic N) is 2. The Morgan fingerprint density at radius 1 is 1.11 bits per heavy atom. The topological polar surface area (TPSA) is 63.0 Å². The number of halogens is 1. The van der Waals surface area contributed by atoms with E-state index >= 15 is 0 Å². The minimum atomic E-state index is -0.328. The predicted octanol–water partition coefficient (Wildman–Crippen LogP) is 3.65. The molecule has 1 aromatic heterocycles. The van der Waals surface area contributed by atoms with E-state index in [1.807, 2.05) is 30.0 Å². The largest absolute Gasteiger partial charge is 0.461 e. The standard InChI is InChI=1S/C21H25ClN2O4/c1-15-12-17(22)4-7-20(15)21(26)24-9-3-8-23(10-11-24)13-18-5-6-19(28-18)14-27-16(2)25/h4-7,12H,3,8-11,13-14H2,1-2H3. The molecule has 1 aliphatic heterocycles. The summed E-state index contributed by atoms with van der Waals surface area (Å²) in [6.45, 7) is 7.17. The first-order valence-corrected chi connectivity index (χ1v) is 9.79. The Hall–Kier alpha value is -2.31. The lowest BCUT2D eigenvalue weighted by molar-refractivity contribution is -0.142. The molecule has 6 nitrogen and oxygen atoms in total. The molecular formula is C21H25ClN2O4. The van der Waals surface area contributed by atoms with Crippen LogP contribution in [0.15, 0.2) is 34.7 Å². The molecule has 0 aliphatic carbocycles. The van der Waals surface area contributed by atoms with Gasteiger partial charge in [0.05, 0.1) is 6.54 Å². The predicted molar refractivity (Wildman–Crippen MR) is 106 cm³/mol. The summed E-state index contributed by atoms with van der Waals surface area (Å²) < 4.78 is 10.7. The SMILES string of the molecule is CC(=O)OCc1ccc(CN2CCCN(C(=O)c3ccc(Cl)cc3C)CC2)o1. The van der Waals surface area contributed by atoms with Gasteiger partial charge in [0, 0.05) is 43.7 Å². The van der Waals surface area contributed by atoms with Crippen molar-refractivity contribution >= 4 is 23.5 Å². The summed E-state index contributed by atoms with van der Waals surface area (Å²) in [6, 6.07) is 9.12. The van der Waals surface area contributed by atoms with Gasteiger partial charge >= 0.3 is 5.97 Å². The molecule has 0 saturated carbocycles. The van der Waals surface area contributed by atoms with Gasteiger partial charge < -0.3 is 14.1 Å². The molecule has 3 rings (SSSR count). The molecule has 1 saturated heterocycles. The van der Waals surface area contributed by atoms with E-state index in [2.05, 4.69) is 4.90 Å². The van der Waals surface area contributed by atoms with Gasteiger partial charge in [0.1, 0.15) is 18.1 Å². The summed E-state index contributed by atoms with van der Waals surface area (Å²) in [7, 11) is 0. The fourth-order valence-electron chi connectivity index (χ4n) is 3.35. The van der Waals surface area contributed by atoms with Gasteiger partial charge in [0.15, 0.2) is 0 Å². The Morgan fingerprint density at radius 2 is 1.89 bits per heavy atom. The van der Waals surface area contributed by atoms with E-state index in [9.17, 15) is 9.59 Å². The van der Waals surface area contributed by atoms with E-state index in [-0.39, 0.29) is 18.5 Å². The minimum Gasteiger partial charge on any atom is -0.461 e. The number of aryl methyl sites for hydroxylation is 1. The number of hydrogen-bond acceptors (Lipinski definition) is 5. The zero-order valence-corrected chi connectivity index (χ0v) is 17.0. The fraction of sp³-hybridized carbons (Fsp3) is 0.429. The van der Waals surface area contributed by atoms with E-state index in [1.54, 1.807) is 12.1 Å². The summed E-state index contributed by atoms with van der Waals surface area (Å²) in [5.41, 5.74) is 1.61. The quantitative estimate of drug-likeness (QED) is 0.712. The van der Waals surface area contributed by atoms with Crippen LogP contribution in [0.4, 0.5) is 0 Å². The first kappa shape index (κ1) is 20.4. The van der Waals surface area contributed by atoms with Crippen LogP contribution < -0.4 is 0 Å². The van der Waals surface area contributed by atoms with Gasteiger partial charge in [-0.15, -0.1) is 0 Å². The summed E-state index contributed by atoms with van der Waals surface area (Å²) >= 11 is 6.00. The average molecular weight is 405 g/mol. The molecule has 1 fully saturated rings. The van der Waals surface area contributed by atoms with Crippen molar-refractivity contribution in [3.05, 3.63) is 58.0 Å². The number of benzene rings is 1. The number of carbonyl (C=O) groups is 2. The number of ether oxygens (including phenoxy) is 1. The van der Waals surface area contributed by atoms with Crippen molar-refractivity contribution in [1.82, 2.24) is 9.80 Å². The van der Waals surface area contributed by atoms with Crippen LogP contribution in [0, 0.1) is 6.92 Å². The van der Waals surface area contributed by atoms with Crippen LogP contribution in [0.25, 0.3) is 0 Å². The molecule has 0 N–H and O–H groups in total. The van der Waals surface area contributed by atoms with Crippen molar-refractivity contribution in [2.45, 2.75) is 33.4 Å². The maximum Gasteiger partial charge on any atom is 0.303 e. The number of esters is 1. The third kappa shape index (κ3) is 5.36. The smallest absolute Gasteiger partial charge is 0.303 e. The first-order chi connectivity index (χ1) is 13.4. The highest BCUT2D eigenvalue weighted by molar-refractivity contribution is 6.30. The van der Waals surface area contributed by atoms with Gasteiger partial charge in [-0.25, -0.2) is 0 Å². The Bertz CT molecular complexity index is 849. The fourth-order valence-corrected chi connectivity index (χ4v) is 3.57. The monoisotopic (exact) mass is 404 g/mol. The van der Waals surface area contributed by atoms with E-state index in [0.29, 0.717) is 29.4 Å². The van der Waals surface area contributed by atoms with Crippen LogP contribution in [0.2, 0.25) is 5.02 Å². The van der Waals surface area contributed by atoms with Crippen LogP contribution >= 0.6 is 11.6 Å². The summed E-state index contributed by atoms with van der Waals surface area (Å²) in [5.74, 6) is 1.19. The molecule has 0 radical (unpaired) electrons. The van der Waals surface area contributed by atoms with Crippen molar-refractivity contribution in [3.63, 3.8) is 0 Å². The molecule has 1 aromatic carbocycles. The maximum absolute atomic E-state index is 12.9. The van der Waals surface area contributed by atoms with Crippen LogP contribution in [-0.4, -0.2) is 47.9 Å². The van der Waals surface area contributed by atoms with Crippen LogP contribution in [0.1, 0.15) is 40.8 Å². The lowest BCUT2D eigenvalue weighted by Gasteiger charge is -2.22. The number of hydrogen-bond donors (Lipinski definition) is 0. The second kappa shape index (κ2) is 9.26. The van der Waals surface area contributed by atoms with E-state index in [4.69, 9.17) is 20.8 Å². The lowest BCUT2D eigenvalue weighted by atomic mass is 10.1. The van der Waals surface area contributed by atoms with Gasteiger partial charge in [-0.1, -0.05) is 11.6 Å². The van der Waals surface area contributed by atoms with E-state index < -0.39 is 0 Å². The van der Waals surface area contributed by atoms with Crippen molar-refractivity contribution in [2.24, 2.45) is 0 Å². The van der Waals surface area contributed by atoms with Crippen molar-refractivity contribution in [2.75, 3.05) is 26.2 Å². The number of carbonyl (C=O) groups excluding carboxylic acids is 2. The molecule has 0 unspecified atom stereocenters. The third-order valence-corrected chi connectivity index (χ3v) is 5.04. The highest BCUT2D eigenvalue weighted by atomic mass is 35.5. The van der Waals surface area contributed by atoms with Crippen molar-refractivity contribution in [1.29, 1.82) is 0 Å². The van der Waals surface area contributed by atoms with E-state index in [0.717, 1.165) is 37.4 Å². The van der Waals surface area contributed by atoms with Crippen LogP contribution in [0.3, 0.4) is 0 Å². The molecule has 28 heavy (non-hydrogen) atoms. The lowest BCUT2D eigenvalue weighted by Crippen LogP contribution is -2.35. The molecule has 7 heteroatoms. The molecule has 0 atom stereocenters. The number of rotatable bonds is 5. The average Bonchev–Trinajstić information content (AvgIpc) is 2.96. The normalized spacial score (nSPS) is 15.3. The van der Waals surface area contributed by atoms with Crippen LogP contribution in [-0.2, 0) is 22.7 Å². The highest BCUT2D eigenvalue weighted by Gasteiger charge is 2.22. The maximum atomic E-state index is 12.9. The van der Waals surface area contributed by atoms with Crippen molar-refractivity contribution in [3.8, 4) is 0 Å². The van der Waals surface area contributed by atoms with Crippen molar-refractivity contribution < 1.29 is 18.7 Å². The number of furan rings is 1. The summed E-state index contributed by atoms with van der Waals surface area (Å²) in [5, 5.41) is 0.641. The molecule has 150 valence electrons. The van der Waals surface area contributed by atoms with Gasteiger partial charge in [-0.05, 0) is 49.2 Å². The second-order valence-corrected chi connectivity index (χ2v) is 7.47. The molecule has 2 aromatic rings. The summed E-state index contributed by atoms with van der Waals surface area (Å²) in [6.07, 6.45) is 0.902. The van der Waals surface area contributed by atoms with E-state index in [1.165, 1.54) is 6.92 Å². The Labute approximate surface area is 170 Å². The number of amides is 1. The molecule has 1 amide bonds. The summed E-state index contributed by atoms with van der Waals surface area (Å²) in [4.78, 5) is 28.0. The Kier molecular flexibility index (Phi) is 6.75. The Balaban J connectivity index is 1.56. The Morgan fingerprint density at radius 3 is 2.64 bits per heavy atom. The van der Waals surface area contributed by atoms with Gasteiger partial charge in [-0.2, -0.15) is 0 Å². The van der Waals surface area contributed by atoms with Gasteiger partial charge in [0.2, 0.25) is 0 Å². The zero-order valence-electron chi connectivity index (χ0n) is 16.2.